The average molecular weight is 334 g/mol. The van der Waals surface area contributed by atoms with E-state index >= 15 is 0 Å². The summed E-state index contributed by atoms with van der Waals surface area (Å²) in [7, 11) is 0. The molecule has 1 aliphatic rings. The average Bonchev–Trinajstić information content (AvgIpc) is 2.59. The standard InChI is InChI=1S/C21H22N2O2/c1-15-10-11-20-17(13-15)7-6-12-23(20)14-19(16(2)24)21(25)22-18-8-4-3-5-9-18/h3-5,8-11,13-14H,6-7,12H2,1-2H3,(H,22,25)/b19-14-. The van der Waals surface area contributed by atoms with Crippen LogP contribution in [0.25, 0.3) is 0 Å². The van der Waals surface area contributed by atoms with Gasteiger partial charge in [0.05, 0.1) is 5.57 Å². The van der Waals surface area contributed by atoms with E-state index in [0.29, 0.717) is 5.69 Å². The van der Waals surface area contributed by atoms with Gasteiger partial charge in [-0.2, -0.15) is 0 Å². The highest BCUT2D eigenvalue weighted by atomic mass is 16.2. The number of hydrogen-bond acceptors (Lipinski definition) is 3. The van der Waals surface area contributed by atoms with Crippen LogP contribution in [0.4, 0.5) is 11.4 Å². The topological polar surface area (TPSA) is 49.4 Å². The number of para-hydroxylation sites is 1. The molecular weight excluding hydrogens is 312 g/mol. The molecule has 0 unspecified atom stereocenters. The Labute approximate surface area is 148 Å². The molecule has 0 aliphatic carbocycles. The lowest BCUT2D eigenvalue weighted by Crippen LogP contribution is -2.28. The quantitative estimate of drug-likeness (QED) is 0.525. The van der Waals surface area contributed by atoms with E-state index in [2.05, 4.69) is 30.4 Å². The van der Waals surface area contributed by atoms with E-state index in [1.165, 1.54) is 18.1 Å². The molecule has 1 heterocycles. The summed E-state index contributed by atoms with van der Waals surface area (Å²) in [4.78, 5) is 26.6. The maximum absolute atomic E-state index is 12.6. The molecule has 0 bridgehead atoms. The fourth-order valence-corrected chi connectivity index (χ4v) is 3.07. The van der Waals surface area contributed by atoms with Gasteiger partial charge < -0.3 is 10.2 Å². The summed E-state index contributed by atoms with van der Waals surface area (Å²) in [6, 6.07) is 15.5. The van der Waals surface area contributed by atoms with Crippen molar-refractivity contribution in [3.8, 4) is 0 Å². The molecule has 0 radical (unpaired) electrons. The molecule has 2 aromatic rings. The van der Waals surface area contributed by atoms with Gasteiger partial charge in [-0.3, -0.25) is 9.59 Å². The van der Waals surface area contributed by atoms with Gasteiger partial charge in [0.2, 0.25) is 0 Å². The van der Waals surface area contributed by atoms with Gasteiger partial charge in [0.1, 0.15) is 0 Å². The van der Waals surface area contributed by atoms with Gasteiger partial charge >= 0.3 is 0 Å². The van der Waals surface area contributed by atoms with Crippen LogP contribution in [0.5, 0.6) is 0 Å². The zero-order valence-corrected chi connectivity index (χ0v) is 14.6. The number of nitrogens with one attached hydrogen (secondary N) is 1. The van der Waals surface area contributed by atoms with Crippen LogP contribution in [0.15, 0.2) is 60.3 Å². The maximum Gasteiger partial charge on any atom is 0.260 e. The SMILES string of the molecule is CC(=O)/C(=C/N1CCCc2cc(C)ccc21)C(=O)Nc1ccccc1. The number of hydrogen-bond donors (Lipinski definition) is 1. The van der Waals surface area contributed by atoms with Crippen molar-refractivity contribution in [1.82, 2.24) is 0 Å². The summed E-state index contributed by atoms with van der Waals surface area (Å²) < 4.78 is 0. The third kappa shape index (κ3) is 3.97. The van der Waals surface area contributed by atoms with Crippen LogP contribution in [0, 0.1) is 6.92 Å². The smallest absolute Gasteiger partial charge is 0.260 e. The fraction of sp³-hybridized carbons (Fsp3) is 0.238. The van der Waals surface area contributed by atoms with E-state index in [-0.39, 0.29) is 17.3 Å². The minimum absolute atomic E-state index is 0.164. The number of carbonyl (C=O) groups excluding carboxylic acids is 2. The van der Waals surface area contributed by atoms with Gasteiger partial charge in [0, 0.05) is 24.1 Å². The molecule has 2 aromatic carbocycles. The number of benzene rings is 2. The van der Waals surface area contributed by atoms with Crippen LogP contribution in [0.3, 0.4) is 0 Å². The fourth-order valence-electron chi connectivity index (χ4n) is 3.07. The first-order valence-corrected chi connectivity index (χ1v) is 8.50. The molecule has 0 fully saturated rings. The lowest BCUT2D eigenvalue weighted by Gasteiger charge is -2.29. The minimum atomic E-state index is -0.377. The third-order valence-corrected chi connectivity index (χ3v) is 4.33. The highest BCUT2D eigenvalue weighted by molar-refractivity contribution is 6.23. The summed E-state index contributed by atoms with van der Waals surface area (Å²) >= 11 is 0. The summed E-state index contributed by atoms with van der Waals surface area (Å²) in [5.74, 6) is -0.620. The zero-order valence-electron chi connectivity index (χ0n) is 14.6. The number of anilines is 2. The molecule has 25 heavy (non-hydrogen) atoms. The van der Waals surface area contributed by atoms with E-state index in [4.69, 9.17) is 0 Å². The molecule has 0 spiro atoms. The zero-order chi connectivity index (χ0) is 17.8. The predicted octanol–water partition coefficient (Wildman–Crippen LogP) is 3.86. The molecule has 4 nitrogen and oxygen atoms in total. The first-order valence-electron chi connectivity index (χ1n) is 8.50. The van der Waals surface area contributed by atoms with Crippen molar-refractivity contribution in [2.24, 2.45) is 0 Å². The maximum atomic E-state index is 12.6. The monoisotopic (exact) mass is 334 g/mol. The Bertz CT molecular complexity index is 825. The second-order valence-electron chi connectivity index (χ2n) is 6.35. The summed E-state index contributed by atoms with van der Waals surface area (Å²) in [6.45, 7) is 4.30. The Morgan fingerprint density at radius 1 is 1.12 bits per heavy atom. The van der Waals surface area contributed by atoms with Gasteiger partial charge in [-0.15, -0.1) is 0 Å². The van der Waals surface area contributed by atoms with E-state index < -0.39 is 0 Å². The number of rotatable bonds is 4. The van der Waals surface area contributed by atoms with Crippen molar-refractivity contribution in [2.75, 3.05) is 16.8 Å². The van der Waals surface area contributed by atoms with Crippen molar-refractivity contribution >= 4 is 23.1 Å². The number of Topliss-reactive ketones (excluding diaryl/α,β-unsaturated/α-hetero) is 1. The number of carbonyl (C=O) groups is 2. The largest absolute Gasteiger partial charge is 0.347 e. The molecule has 1 amide bonds. The summed E-state index contributed by atoms with van der Waals surface area (Å²) in [5, 5.41) is 2.79. The Morgan fingerprint density at radius 2 is 1.88 bits per heavy atom. The minimum Gasteiger partial charge on any atom is -0.347 e. The van der Waals surface area contributed by atoms with Gasteiger partial charge in [-0.05, 0) is 50.5 Å². The van der Waals surface area contributed by atoms with Crippen molar-refractivity contribution in [3.63, 3.8) is 0 Å². The normalized spacial score (nSPS) is 14.0. The highest BCUT2D eigenvalue weighted by Crippen LogP contribution is 2.28. The first-order chi connectivity index (χ1) is 12.0. The van der Waals surface area contributed by atoms with E-state index in [9.17, 15) is 9.59 Å². The molecule has 128 valence electrons. The van der Waals surface area contributed by atoms with Crippen LogP contribution in [-0.4, -0.2) is 18.2 Å². The summed E-state index contributed by atoms with van der Waals surface area (Å²) in [5.41, 5.74) is 4.39. The molecule has 0 saturated carbocycles. The van der Waals surface area contributed by atoms with Gasteiger partial charge in [0.25, 0.3) is 5.91 Å². The second kappa shape index (κ2) is 7.34. The van der Waals surface area contributed by atoms with Crippen molar-refractivity contribution in [1.29, 1.82) is 0 Å². The Hall–Kier alpha value is -2.88. The Balaban J connectivity index is 1.89. The molecule has 0 atom stereocenters. The number of fused-ring (bicyclic) bond motifs is 1. The number of aryl methyl sites for hydroxylation is 2. The van der Waals surface area contributed by atoms with Crippen molar-refractivity contribution in [2.45, 2.75) is 26.7 Å². The number of nitrogens with zero attached hydrogens (tertiary/aromatic N) is 1. The van der Waals surface area contributed by atoms with Crippen LogP contribution < -0.4 is 10.2 Å². The van der Waals surface area contributed by atoms with E-state index in [0.717, 1.165) is 25.1 Å². The molecule has 1 aliphatic heterocycles. The number of amides is 1. The predicted molar refractivity (Wildman–Crippen MR) is 101 cm³/mol. The molecular formula is C21H22N2O2. The highest BCUT2D eigenvalue weighted by Gasteiger charge is 2.20. The molecule has 0 aromatic heterocycles. The lowest BCUT2D eigenvalue weighted by atomic mass is 9.99. The van der Waals surface area contributed by atoms with Crippen LogP contribution in [0.2, 0.25) is 0 Å². The van der Waals surface area contributed by atoms with Crippen molar-refractivity contribution < 1.29 is 9.59 Å². The first kappa shape index (κ1) is 17.0. The Morgan fingerprint density at radius 3 is 2.60 bits per heavy atom. The lowest BCUT2D eigenvalue weighted by molar-refractivity contribution is -0.118. The van der Waals surface area contributed by atoms with Crippen molar-refractivity contribution in [3.05, 3.63) is 71.4 Å². The molecule has 4 heteroatoms. The summed E-state index contributed by atoms with van der Waals surface area (Å²) in [6.07, 6.45) is 3.71. The molecule has 3 rings (SSSR count). The molecule has 0 saturated heterocycles. The van der Waals surface area contributed by atoms with E-state index in [1.54, 1.807) is 18.3 Å². The van der Waals surface area contributed by atoms with Gasteiger partial charge in [-0.1, -0.05) is 35.9 Å². The number of ketones is 1. The molecule has 1 N–H and O–H groups in total. The van der Waals surface area contributed by atoms with Crippen LogP contribution in [0.1, 0.15) is 24.5 Å². The van der Waals surface area contributed by atoms with Gasteiger partial charge in [-0.25, -0.2) is 0 Å². The van der Waals surface area contributed by atoms with Crippen LogP contribution in [-0.2, 0) is 16.0 Å². The van der Waals surface area contributed by atoms with Crippen LogP contribution >= 0.6 is 0 Å². The third-order valence-electron chi connectivity index (χ3n) is 4.33. The van der Waals surface area contributed by atoms with Gasteiger partial charge in [0.15, 0.2) is 5.78 Å². The van der Waals surface area contributed by atoms with E-state index in [1.807, 2.05) is 23.1 Å². The Kier molecular flexibility index (Phi) is 4.98. The second-order valence-corrected chi connectivity index (χ2v) is 6.35.